The van der Waals surface area contributed by atoms with E-state index in [1.165, 1.54) is 6.92 Å². The lowest BCUT2D eigenvalue weighted by molar-refractivity contribution is 0.100. The third kappa shape index (κ3) is 2.23. The first-order chi connectivity index (χ1) is 6.15. The third-order valence-corrected chi connectivity index (χ3v) is 1.78. The third-order valence-electron chi connectivity index (χ3n) is 1.78. The van der Waals surface area contributed by atoms with Crippen LogP contribution in [0.1, 0.15) is 27.6 Å². The molecule has 0 aliphatic rings. The molecule has 0 saturated carbocycles. The molecule has 3 heteroatoms. The molecule has 0 heterocycles. The zero-order valence-corrected chi connectivity index (χ0v) is 7.41. The summed E-state index contributed by atoms with van der Waals surface area (Å²) in [5.74, 6) is -0.199. The molecule has 2 N–H and O–H groups in total. The van der Waals surface area contributed by atoms with Crippen LogP contribution in [0.2, 0.25) is 0 Å². The number of carbonyl (C=O) groups excluding carboxylic acids is 2. The maximum Gasteiger partial charge on any atom is 0.176 e. The molecule has 0 saturated heterocycles. The summed E-state index contributed by atoms with van der Waals surface area (Å²) in [5, 5.41) is 0. The summed E-state index contributed by atoms with van der Waals surface area (Å²) < 4.78 is 0. The SMILES string of the molecule is CC(=O)c1cccc(C(=O)CN)c1. The Hall–Kier alpha value is -1.48. The smallest absolute Gasteiger partial charge is 0.176 e. The lowest BCUT2D eigenvalue weighted by Crippen LogP contribution is -2.13. The zero-order valence-electron chi connectivity index (χ0n) is 7.41. The summed E-state index contributed by atoms with van der Waals surface area (Å²) in [4.78, 5) is 22.1. The molecule has 68 valence electrons. The van der Waals surface area contributed by atoms with E-state index in [0.717, 1.165) is 0 Å². The van der Waals surface area contributed by atoms with E-state index >= 15 is 0 Å². The van der Waals surface area contributed by atoms with Gasteiger partial charge in [-0.15, -0.1) is 0 Å². The van der Waals surface area contributed by atoms with Crippen molar-refractivity contribution in [1.82, 2.24) is 0 Å². The highest BCUT2D eigenvalue weighted by atomic mass is 16.1. The summed E-state index contributed by atoms with van der Waals surface area (Å²) in [6, 6.07) is 6.58. The molecular formula is C10H11NO2. The summed E-state index contributed by atoms with van der Waals surface area (Å²) in [7, 11) is 0. The Morgan fingerprint density at radius 1 is 1.31 bits per heavy atom. The van der Waals surface area contributed by atoms with Gasteiger partial charge in [-0.1, -0.05) is 18.2 Å². The van der Waals surface area contributed by atoms with Gasteiger partial charge in [0.05, 0.1) is 6.54 Å². The van der Waals surface area contributed by atoms with Gasteiger partial charge in [0.1, 0.15) is 0 Å². The van der Waals surface area contributed by atoms with Crippen molar-refractivity contribution in [3.8, 4) is 0 Å². The fraction of sp³-hybridized carbons (Fsp3) is 0.200. The highest BCUT2D eigenvalue weighted by Gasteiger charge is 2.05. The van der Waals surface area contributed by atoms with E-state index in [9.17, 15) is 9.59 Å². The molecule has 0 amide bonds. The van der Waals surface area contributed by atoms with Crippen LogP contribution in [-0.4, -0.2) is 18.1 Å². The molecule has 0 bridgehead atoms. The molecule has 0 radical (unpaired) electrons. The van der Waals surface area contributed by atoms with Gasteiger partial charge >= 0.3 is 0 Å². The van der Waals surface area contributed by atoms with Crippen molar-refractivity contribution in [3.63, 3.8) is 0 Å². The van der Waals surface area contributed by atoms with Gasteiger partial charge in [0, 0.05) is 11.1 Å². The first-order valence-corrected chi connectivity index (χ1v) is 3.99. The van der Waals surface area contributed by atoms with Crippen LogP contribution in [0.3, 0.4) is 0 Å². The molecule has 13 heavy (non-hydrogen) atoms. The van der Waals surface area contributed by atoms with Crippen LogP contribution >= 0.6 is 0 Å². The van der Waals surface area contributed by atoms with Crippen molar-refractivity contribution >= 4 is 11.6 Å². The molecule has 0 unspecified atom stereocenters. The Balaban J connectivity index is 3.05. The minimum atomic E-state index is -0.150. The molecule has 0 aromatic heterocycles. The molecule has 0 aliphatic carbocycles. The number of hydrogen-bond donors (Lipinski definition) is 1. The Labute approximate surface area is 76.6 Å². The van der Waals surface area contributed by atoms with Crippen molar-refractivity contribution in [2.45, 2.75) is 6.92 Å². The highest BCUT2D eigenvalue weighted by molar-refractivity contribution is 6.01. The second-order valence-electron chi connectivity index (χ2n) is 2.76. The van der Waals surface area contributed by atoms with Gasteiger partial charge in [0.25, 0.3) is 0 Å². The van der Waals surface area contributed by atoms with E-state index < -0.39 is 0 Å². The molecule has 0 aliphatic heterocycles. The van der Waals surface area contributed by atoms with E-state index in [0.29, 0.717) is 11.1 Å². The number of rotatable bonds is 3. The van der Waals surface area contributed by atoms with Crippen molar-refractivity contribution in [2.24, 2.45) is 5.73 Å². The average Bonchev–Trinajstić information content (AvgIpc) is 2.17. The standard InChI is InChI=1S/C10H11NO2/c1-7(12)8-3-2-4-9(5-8)10(13)6-11/h2-5H,6,11H2,1H3. The van der Waals surface area contributed by atoms with Crippen LogP contribution in [0, 0.1) is 0 Å². The van der Waals surface area contributed by atoms with Crippen molar-refractivity contribution in [1.29, 1.82) is 0 Å². The van der Waals surface area contributed by atoms with Crippen LogP contribution < -0.4 is 5.73 Å². The number of benzene rings is 1. The fourth-order valence-corrected chi connectivity index (χ4v) is 1.03. The van der Waals surface area contributed by atoms with Gasteiger partial charge in [0.15, 0.2) is 11.6 Å². The second kappa shape index (κ2) is 3.96. The molecule has 0 spiro atoms. The van der Waals surface area contributed by atoms with E-state index in [4.69, 9.17) is 5.73 Å². The molecule has 1 aromatic rings. The maximum atomic E-state index is 11.2. The van der Waals surface area contributed by atoms with Gasteiger partial charge < -0.3 is 5.73 Å². The molecule has 0 atom stereocenters. The number of Topliss-reactive ketones (excluding diaryl/α,β-unsaturated/α-hetero) is 2. The minimum absolute atomic E-state index is 0.0264. The van der Waals surface area contributed by atoms with E-state index in [-0.39, 0.29) is 18.1 Å². The van der Waals surface area contributed by atoms with Gasteiger partial charge in [-0.25, -0.2) is 0 Å². The predicted octanol–water partition coefficient (Wildman–Crippen LogP) is 1.03. The topological polar surface area (TPSA) is 60.2 Å². The highest BCUT2D eigenvalue weighted by Crippen LogP contribution is 2.06. The number of nitrogens with two attached hydrogens (primary N) is 1. The summed E-state index contributed by atoms with van der Waals surface area (Å²) in [5.41, 5.74) is 6.23. The Kier molecular flexibility index (Phi) is 2.93. The minimum Gasteiger partial charge on any atom is -0.324 e. The first-order valence-electron chi connectivity index (χ1n) is 3.99. The molecule has 3 nitrogen and oxygen atoms in total. The van der Waals surface area contributed by atoms with E-state index in [2.05, 4.69) is 0 Å². The van der Waals surface area contributed by atoms with Gasteiger partial charge in [-0.05, 0) is 13.0 Å². The van der Waals surface area contributed by atoms with Crippen molar-refractivity contribution < 1.29 is 9.59 Å². The van der Waals surface area contributed by atoms with Crippen LogP contribution in [-0.2, 0) is 0 Å². The van der Waals surface area contributed by atoms with Crippen LogP contribution in [0.4, 0.5) is 0 Å². The van der Waals surface area contributed by atoms with Crippen LogP contribution in [0.25, 0.3) is 0 Å². The number of ketones is 2. The largest absolute Gasteiger partial charge is 0.324 e. The molecule has 0 fully saturated rings. The zero-order chi connectivity index (χ0) is 9.84. The molecule has 1 aromatic carbocycles. The molecule has 1 rings (SSSR count). The Morgan fingerprint density at radius 2 is 1.92 bits per heavy atom. The van der Waals surface area contributed by atoms with Gasteiger partial charge in [-0.3, -0.25) is 9.59 Å². The Morgan fingerprint density at radius 3 is 2.46 bits per heavy atom. The number of hydrogen-bond acceptors (Lipinski definition) is 3. The van der Waals surface area contributed by atoms with Crippen LogP contribution in [0.15, 0.2) is 24.3 Å². The Bertz CT molecular complexity index is 345. The second-order valence-corrected chi connectivity index (χ2v) is 2.76. The normalized spacial score (nSPS) is 9.69. The average molecular weight is 177 g/mol. The maximum absolute atomic E-state index is 11.2. The van der Waals surface area contributed by atoms with Crippen LogP contribution in [0.5, 0.6) is 0 Å². The summed E-state index contributed by atoms with van der Waals surface area (Å²) in [6.07, 6.45) is 0. The van der Waals surface area contributed by atoms with Gasteiger partial charge in [0.2, 0.25) is 0 Å². The quantitative estimate of drug-likeness (QED) is 0.701. The summed E-state index contributed by atoms with van der Waals surface area (Å²) in [6.45, 7) is 1.44. The van der Waals surface area contributed by atoms with E-state index in [1.54, 1.807) is 24.3 Å². The van der Waals surface area contributed by atoms with Gasteiger partial charge in [-0.2, -0.15) is 0 Å². The lowest BCUT2D eigenvalue weighted by Gasteiger charge is -1.99. The molecular weight excluding hydrogens is 166 g/mol. The first kappa shape index (κ1) is 9.61. The lowest BCUT2D eigenvalue weighted by atomic mass is 10.1. The summed E-state index contributed by atoms with van der Waals surface area (Å²) >= 11 is 0. The van der Waals surface area contributed by atoms with E-state index in [1.807, 2.05) is 0 Å². The monoisotopic (exact) mass is 177 g/mol. The predicted molar refractivity (Wildman–Crippen MR) is 49.8 cm³/mol. The number of carbonyl (C=O) groups is 2. The van der Waals surface area contributed by atoms with Crippen molar-refractivity contribution in [2.75, 3.05) is 6.54 Å². The fourth-order valence-electron chi connectivity index (χ4n) is 1.03. The van der Waals surface area contributed by atoms with Crippen molar-refractivity contribution in [3.05, 3.63) is 35.4 Å².